The van der Waals surface area contributed by atoms with Gasteiger partial charge in [0.1, 0.15) is 0 Å². The monoisotopic (exact) mass is 913 g/mol. The highest BCUT2D eigenvalue weighted by atomic mass is 15.0. The first-order valence-corrected chi connectivity index (χ1v) is 26.6. The first-order chi connectivity index (χ1) is 32.8. The van der Waals surface area contributed by atoms with Gasteiger partial charge in [-0.05, 0) is 185 Å². The van der Waals surface area contributed by atoms with Crippen LogP contribution in [0.25, 0.3) is 93.3 Å². The van der Waals surface area contributed by atoms with Crippen LogP contribution in [0.5, 0.6) is 0 Å². The number of hydrogen-bond donors (Lipinski definition) is 0. The number of nitrogens with zero attached hydrogens (tertiary/aromatic N) is 2. The molecule has 0 radical (unpaired) electrons. The first kappa shape index (κ1) is 43.0. The van der Waals surface area contributed by atoms with E-state index < -0.39 is 0 Å². The second-order valence-corrected chi connectivity index (χ2v) is 27.6. The molecule has 0 atom stereocenters. The molecule has 0 bridgehead atoms. The van der Waals surface area contributed by atoms with Gasteiger partial charge in [-0.1, -0.05) is 152 Å². The van der Waals surface area contributed by atoms with Crippen LogP contribution >= 0.6 is 0 Å². The zero-order valence-electron chi connectivity index (χ0n) is 44.5. The zero-order valence-corrected chi connectivity index (χ0v) is 44.5. The highest BCUT2D eigenvalue weighted by molar-refractivity contribution is 6.91. The van der Waals surface area contributed by atoms with E-state index in [0.29, 0.717) is 0 Å². The molecule has 0 spiro atoms. The molecule has 3 aromatic heterocycles. The van der Waals surface area contributed by atoms with Crippen molar-refractivity contribution in [3.05, 3.63) is 136 Å². The van der Waals surface area contributed by atoms with Crippen molar-refractivity contribution >= 4 is 77.7 Å². The van der Waals surface area contributed by atoms with Gasteiger partial charge in [0, 0.05) is 48.9 Å². The van der Waals surface area contributed by atoms with Gasteiger partial charge < -0.3 is 8.88 Å². The summed E-state index contributed by atoms with van der Waals surface area (Å²) in [6.07, 6.45) is 4.84. The van der Waals surface area contributed by atoms with Gasteiger partial charge in [-0.15, -0.1) is 0 Å². The second kappa shape index (κ2) is 13.0. The molecule has 0 unspecified atom stereocenters. The Hall–Kier alpha value is -5.80. The maximum absolute atomic E-state index is 2.80. The van der Waals surface area contributed by atoms with Crippen molar-refractivity contribution in [1.29, 1.82) is 0 Å². The van der Waals surface area contributed by atoms with Crippen molar-refractivity contribution in [2.45, 2.75) is 162 Å². The summed E-state index contributed by atoms with van der Waals surface area (Å²) in [7, 11) is 0. The largest absolute Gasteiger partial charge is 0.375 e. The van der Waals surface area contributed by atoms with Gasteiger partial charge in [-0.2, -0.15) is 0 Å². The molecule has 7 aromatic carbocycles. The van der Waals surface area contributed by atoms with E-state index in [1.54, 1.807) is 0 Å². The molecular weight excluding hydrogens is 844 g/mol. The van der Waals surface area contributed by atoms with Crippen LogP contribution < -0.4 is 10.9 Å². The minimum absolute atomic E-state index is 0.00448. The Balaban J connectivity index is 1.14. The molecule has 4 aliphatic rings. The molecule has 0 saturated carbocycles. The fraction of sp³-hybridized carbons (Fsp3) is 0.373. The summed E-state index contributed by atoms with van der Waals surface area (Å²) in [6.45, 7) is 36.3. The van der Waals surface area contributed by atoms with Crippen LogP contribution in [0.3, 0.4) is 0 Å². The van der Waals surface area contributed by atoms with Crippen LogP contribution in [0.15, 0.2) is 97.1 Å². The Morgan fingerprint density at radius 3 is 1.53 bits per heavy atom. The van der Waals surface area contributed by atoms with E-state index >= 15 is 0 Å². The Kier molecular flexibility index (Phi) is 7.99. The van der Waals surface area contributed by atoms with Crippen LogP contribution in [0.2, 0.25) is 0 Å². The molecule has 70 heavy (non-hydrogen) atoms. The van der Waals surface area contributed by atoms with E-state index in [-0.39, 0.29) is 39.3 Å². The molecule has 10 aromatic rings. The average Bonchev–Trinajstić information content (AvgIpc) is 3.95. The Labute approximate surface area is 415 Å². The van der Waals surface area contributed by atoms with E-state index in [4.69, 9.17) is 0 Å². The highest BCUT2D eigenvalue weighted by Crippen LogP contribution is 2.53. The summed E-state index contributed by atoms with van der Waals surface area (Å²) < 4.78 is 5.55. The van der Waals surface area contributed by atoms with Gasteiger partial charge in [0.15, 0.2) is 0 Å². The molecule has 14 rings (SSSR count). The summed E-state index contributed by atoms with van der Waals surface area (Å²) in [5.74, 6) is 0. The van der Waals surface area contributed by atoms with E-state index in [2.05, 4.69) is 210 Å². The third kappa shape index (κ3) is 5.43. The molecule has 350 valence electrons. The second-order valence-electron chi connectivity index (χ2n) is 27.6. The van der Waals surface area contributed by atoms with Crippen LogP contribution in [0, 0.1) is 6.92 Å². The first-order valence-electron chi connectivity index (χ1n) is 26.6. The van der Waals surface area contributed by atoms with Crippen LogP contribution in [-0.2, 0) is 32.5 Å². The van der Waals surface area contributed by atoms with E-state index in [1.807, 2.05) is 0 Å². The number of rotatable bonds is 2. The maximum Gasteiger partial charge on any atom is 0.333 e. The molecule has 3 heteroatoms. The lowest BCUT2D eigenvalue weighted by atomic mass is 9.45. The molecule has 0 fully saturated rings. The standard InChI is InChI=1S/C67H69BN2/c1-36-26-44-48-35-42(63(5,6)7)34-47-43-33-41(62(2,3)4)18-21-55(43)70(59(47)48)68-54-32-40(38-17-20-51-53(31-38)67(14,15)25-23-65(51,10)11)28-46-45-27-39(29-49-56(36)61(57(44)68)69(58(45)49)60(46)54)37-16-19-50-52(30-37)66(12,13)24-22-64(50,8)9/h16-21,26-35H,22-25H2,1-15H3. The van der Waals surface area contributed by atoms with Crippen molar-refractivity contribution in [3.63, 3.8) is 0 Å². The molecule has 0 saturated heterocycles. The highest BCUT2D eigenvalue weighted by Gasteiger charge is 2.44. The Bertz CT molecular complexity index is 4030. The van der Waals surface area contributed by atoms with E-state index in [0.717, 1.165) is 0 Å². The average molecular weight is 913 g/mol. The van der Waals surface area contributed by atoms with Crippen LogP contribution in [0.4, 0.5) is 0 Å². The van der Waals surface area contributed by atoms with Gasteiger partial charge >= 0.3 is 6.85 Å². The van der Waals surface area contributed by atoms with Gasteiger partial charge in [-0.3, -0.25) is 0 Å². The summed E-state index contributed by atoms with van der Waals surface area (Å²) in [4.78, 5) is 0. The molecule has 0 amide bonds. The molecule has 2 nitrogen and oxygen atoms in total. The number of hydrogen-bond acceptors (Lipinski definition) is 0. The van der Waals surface area contributed by atoms with Gasteiger partial charge in [0.25, 0.3) is 0 Å². The fourth-order valence-corrected chi connectivity index (χ4v) is 14.7. The summed E-state index contributed by atoms with van der Waals surface area (Å²) in [5, 5.41) is 8.30. The SMILES string of the molecule is Cc1cc2c3c4c1c1cc(-c5ccc6c(c5)C(C)(C)CCC6(C)C)cc5c6cc(-c7ccc8c(c7)C(C)(C)CCC8(C)C)cc(c6n4c51)B3n1c3ccc(C(C)(C)C)cc3c3cc(C(C)(C)C)cc-2c31. The molecular formula is C67H69BN2. The number of aromatic nitrogens is 2. The topological polar surface area (TPSA) is 9.34 Å². The number of aryl methyl sites for hydroxylation is 1. The van der Waals surface area contributed by atoms with Crippen molar-refractivity contribution in [1.82, 2.24) is 8.88 Å². The van der Waals surface area contributed by atoms with E-state index in [9.17, 15) is 0 Å². The molecule has 0 N–H and O–H groups in total. The Morgan fingerprint density at radius 2 is 0.943 bits per heavy atom. The van der Waals surface area contributed by atoms with Crippen LogP contribution in [0.1, 0.15) is 162 Å². The molecule has 2 aliphatic heterocycles. The predicted molar refractivity (Wildman–Crippen MR) is 304 cm³/mol. The lowest BCUT2D eigenvalue weighted by molar-refractivity contribution is 0.332. The van der Waals surface area contributed by atoms with Gasteiger partial charge in [-0.25, -0.2) is 0 Å². The van der Waals surface area contributed by atoms with Gasteiger partial charge in [0.2, 0.25) is 0 Å². The number of fused-ring (bicyclic) bond motifs is 10. The molecule has 2 aliphatic carbocycles. The molecule has 5 heterocycles. The summed E-state index contributed by atoms with van der Waals surface area (Å²) in [6, 6.07) is 40.5. The summed E-state index contributed by atoms with van der Waals surface area (Å²) >= 11 is 0. The lowest BCUT2D eigenvalue weighted by Crippen LogP contribution is -2.54. The quantitative estimate of drug-likeness (QED) is 0.153. The van der Waals surface area contributed by atoms with Crippen molar-refractivity contribution in [2.24, 2.45) is 0 Å². The van der Waals surface area contributed by atoms with E-state index in [1.165, 1.54) is 169 Å². The number of benzene rings is 7. The minimum atomic E-state index is -0.0200. The van der Waals surface area contributed by atoms with Crippen molar-refractivity contribution < 1.29 is 0 Å². The van der Waals surface area contributed by atoms with Gasteiger partial charge in [0.05, 0.1) is 16.6 Å². The van der Waals surface area contributed by atoms with Crippen molar-refractivity contribution in [2.75, 3.05) is 0 Å². The fourth-order valence-electron chi connectivity index (χ4n) is 14.7. The predicted octanol–water partition coefficient (Wildman–Crippen LogP) is 16.8. The third-order valence-corrected chi connectivity index (χ3v) is 19.1. The lowest BCUT2D eigenvalue weighted by Gasteiger charge is -2.42. The van der Waals surface area contributed by atoms with Crippen LogP contribution in [-0.4, -0.2) is 15.7 Å². The zero-order chi connectivity index (χ0) is 48.9. The smallest absolute Gasteiger partial charge is 0.333 e. The van der Waals surface area contributed by atoms with Crippen molar-refractivity contribution in [3.8, 4) is 33.4 Å². The summed E-state index contributed by atoms with van der Waals surface area (Å²) in [5.41, 5.74) is 28.6. The maximum atomic E-state index is 2.80. The third-order valence-electron chi connectivity index (χ3n) is 19.1. The minimum Gasteiger partial charge on any atom is -0.375 e. The normalized spacial score (nSPS) is 18.4. The Morgan fingerprint density at radius 1 is 0.429 bits per heavy atom.